The summed E-state index contributed by atoms with van der Waals surface area (Å²) in [4.78, 5) is 34.5. The van der Waals surface area contributed by atoms with Crippen LogP contribution in [-0.4, -0.2) is 23.5 Å². The van der Waals surface area contributed by atoms with Gasteiger partial charge in [0.2, 0.25) is 0 Å². The lowest BCUT2D eigenvalue weighted by Crippen LogP contribution is -2.09. The second kappa shape index (κ2) is 16.4. The quantitative estimate of drug-likeness (QED) is 0.0753. The van der Waals surface area contributed by atoms with E-state index >= 15 is 0 Å². The molecule has 0 aliphatic carbocycles. The van der Waals surface area contributed by atoms with Gasteiger partial charge in [0, 0.05) is 12.1 Å². The monoisotopic (exact) mass is 483 g/mol. The third-order valence-corrected chi connectivity index (χ3v) is 5.85. The van der Waals surface area contributed by atoms with Crippen molar-refractivity contribution in [2.45, 2.75) is 84.0 Å². The number of rotatable bonds is 17. The highest BCUT2D eigenvalue weighted by atomic mass is 16.6. The van der Waals surface area contributed by atoms with Crippen molar-refractivity contribution in [2.75, 3.05) is 6.61 Å². The zero-order valence-electron chi connectivity index (χ0n) is 20.7. The van der Waals surface area contributed by atoms with Crippen molar-refractivity contribution in [3.05, 3.63) is 69.8 Å². The van der Waals surface area contributed by atoms with Crippen molar-refractivity contribution in [2.24, 2.45) is 0 Å². The third kappa shape index (κ3) is 11.2. The lowest BCUT2D eigenvalue weighted by Gasteiger charge is -2.07. The maximum atomic E-state index is 12.2. The Morgan fingerprint density at radius 2 is 1.14 bits per heavy atom. The van der Waals surface area contributed by atoms with Gasteiger partial charge in [-0.1, -0.05) is 77.6 Å². The van der Waals surface area contributed by atoms with Gasteiger partial charge >= 0.3 is 11.9 Å². The van der Waals surface area contributed by atoms with Crippen LogP contribution in [0.1, 0.15) is 105 Å². The molecular weight excluding hydrogens is 446 g/mol. The number of non-ortho nitro benzene ring substituents is 1. The van der Waals surface area contributed by atoms with E-state index in [-0.39, 0.29) is 17.0 Å². The van der Waals surface area contributed by atoms with E-state index in [9.17, 15) is 19.7 Å². The first-order valence-electron chi connectivity index (χ1n) is 12.7. The average molecular weight is 484 g/mol. The molecule has 2 rings (SSSR count). The SMILES string of the molecule is CCCCCCCCCCCCCCOC(=O)c1ccc(OC(=O)c2ccc([N+](=O)[O-])cc2)cc1. The molecule has 0 spiro atoms. The van der Waals surface area contributed by atoms with E-state index in [1.54, 1.807) is 12.1 Å². The molecule has 0 heterocycles. The van der Waals surface area contributed by atoms with Crippen LogP contribution in [0.4, 0.5) is 5.69 Å². The first kappa shape index (κ1) is 28.0. The van der Waals surface area contributed by atoms with Gasteiger partial charge in [0.1, 0.15) is 5.75 Å². The smallest absolute Gasteiger partial charge is 0.343 e. The Labute approximate surface area is 208 Å². The maximum Gasteiger partial charge on any atom is 0.343 e. The standard InChI is InChI=1S/C28H37NO6/c1-2-3-4-5-6-7-8-9-10-11-12-13-22-34-27(30)23-16-20-26(21-17-23)35-28(31)24-14-18-25(19-15-24)29(32)33/h14-21H,2-13,22H2,1H3. The van der Waals surface area contributed by atoms with Gasteiger partial charge in [-0.3, -0.25) is 10.1 Å². The van der Waals surface area contributed by atoms with Crippen LogP contribution in [-0.2, 0) is 4.74 Å². The molecule has 0 N–H and O–H groups in total. The van der Waals surface area contributed by atoms with E-state index in [4.69, 9.17) is 9.47 Å². The summed E-state index contributed by atoms with van der Waals surface area (Å²) >= 11 is 0. The molecule has 0 radical (unpaired) electrons. The van der Waals surface area contributed by atoms with Crippen molar-refractivity contribution in [1.82, 2.24) is 0 Å². The van der Waals surface area contributed by atoms with Gasteiger partial charge in [-0.25, -0.2) is 9.59 Å². The minimum Gasteiger partial charge on any atom is -0.462 e. The fourth-order valence-electron chi connectivity index (χ4n) is 3.74. The highest BCUT2D eigenvalue weighted by Gasteiger charge is 2.13. The minimum absolute atomic E-state index is 0.104. The lowest BCUT2D eigenvalue weighted by molar-refractivity contribution is -0.384. The van der Waals surface area contributed by atoms with Gasteiger partial charge < -0.3 is 9.47 Å². The predicted octanol–water partition coefficient (Wildman–Crippen LogP) is 7.67. The van der Waals surface area contributed by atoms with E-state index in [2.05, 4.69) is 6.92 Å². The number of benzene rings is 2. The molecule has 190 valence electrons. The summed E-state index contributed by atoms with van der Waals surface area (Å²) in [5, 5.41) is 10.7. The topological polar surface area (TPSA) is 95.7 Å². The van der Waals surface area contributed by atoms with Gasteiger partial charge in [0.15, 0.2) is 0 Å². The highest BCUT2D eigenvalue weighted by Crippen LogP contribution is 2.17. The number of esters is 2. The molecule has 0 saturated carbocycles. The number of carbonyl (C=O) groups excluding carboxylic acids is 2. The number of ether oxygens (including phenoxy) is 2. The van der Waals surface area contributed by atoms with Gasteiger partial charge in [-0.05, 0) is 42.8 Å². The maximum absolute atomic E-state index is 12.2. The van der Waals surface area contributed by atoms with Crippen LogP contribution in [0, 0.1) is 10.1 Å². The van der Waals surface area contributed by atoms with E-state index < -0.39 is 16.9 Å². The molecule has 0 atom stereocenters. The summed E-state index contributed by atoms with van der Waals surface area (Å²) in [5.41, 5.74) is 0.480. The number of unbranched alkanes of at least 4 members (excludes halogenated alkanes) is 11. The molecule has 7 nitrogen and oxygen atoms in total. The number of carbonyl (C=O) groups is 2. The third-order valence-electron chi connectivity index (χ3n) is 5.85. The van der Waals surface area contributed by atoms with Crippen LogP contribution in [0.5, 0.6) is 5.75 Å². The van der Waals surface area contributed by atoms with Gasteiger partial charge in [-0.15, -0.1) is 0 Å². The molecule has 0 bridgehead atoms. The summed E-state index contributed by atoms with van der Waals surface area (Å²) in [5.74, 6) is -0.769. The van der Waals surface area contributed by atoms with E-state index in [1.807, 2.05) is 0 Å². The van der Waals surface area contributed by atoms with Crippen molar-refractivity contribution < 1.29 is 24.0 Å². The van der Waals surface area contributed by atoms with Crippen molar-refractivity contribution in [1.29, 1.82) is 0 Å². The molecule has 0 unspecified atom stereocenters. The predicted molar refractivity (Wildman–Crippen MR) is 136 cm³/mol. The highest BCUT2D eigenvalue weighted by molar-refractivity contribution is 5.92. The molecule has 0 aliphatic rings. The second-order valence-corrected chi connectivity index (χ2v) is 8.74. The molecule has 0 fully saturated rings. The Balaban J connectivity index is 1.57. The van der Waals surface area contributed by atoms with E-state index in [1.165, 1.54) is 101 Å². The first-order chi connectivity index (χ1) is 17.0. The molecule has 0 amide bonds. The van der Waals surface area contributed by atoms with Crippen molar-refractivity contribution in [3.63, 3.8) is 0 Å². The summed E-state index contributed by atoms with van der Waals surface area (Å²) < 4.78 is 10.6. The molecule has 0 aromatic heterocycles. The average Bonchev–Trinajstić information content (AvgIpc) is 2.87. The van der Waals surface area contributed by atoms with Crippen LogP contribution in [0.2, 0.25) is 0 Å². The molecule has 35 heavy (non-hydrogen) atoms. The first-order valence-corrected chi connectivity index (χ1v) is 12.7. The van der Waals surface area contributed by atoms with Crippen LogP contribution in [0.3, 0.4) is 0 Å². The van der Waals surface area contributed by atoms with E-state index in [0.29, 0.717) is 12.2 Å². The lowest BCUT2D eigenvalue weighted by atomic mass is 10.1. The Hall–Kier alpha value is -3.22. The number of nitro groups is 1. The number of nitro benzene ring substituents is 1. The zero-order valence-corrected chi connectivity index (χ0v) is 20.7. The zero-order chi connectivity index (χ0) is 25.3. The molecular formula is C28H37NO6. The van der Waals surface area contributed by atoms with Crippen molar-refractivity contribution in [3.8, 4) is 5.75 Å². The molecule has 0 aliphatic heterocycles. The fourth-order valence-corrected chi connectivity index (χ4v) is 3.74. The number of hydrogen-bond acceptors (Lipinski definition) is 6. The molecule has 2 aromatic carbocycles. The summed E-state index contributed by atoms with van der Waals surface area (Å²) in [6.07, 6.45) is 15.0. The van der Waals surface area contributed by atoms with Crippen molar-refractivity contribution >= 4 is 17.6 Å². The Kier molecular flexibility index (Phi) is 13.1. The molecule has 0 saturated heterocycles. The Morgan fingerprint density at radius 3 is 1.66 bits per heavy atom. The van der Waals surface area contributed by atoms with E-state index in [0.717, 1.165) is 12.8 Å². The normalized spacial score (nSPS) is 10.7. The van der Waals surface area contributed by atoms with Crippen LogP contribution >= 0.6 is 0 Å². The van der Waals surface area contributed by atoms with Crippen LogP contribution in [0.25, 0.3) is 0 Å². The molecule has 7 heteroatoms. The number of nitrogens with zero attached hydrogens (tertiary/aromatic N) is 1. The Morgan fingerprint density at radius 1 is 0.686 bits per heavy atom. The summed E-state index contributed by atoms with van der Waals surface area (Å²) in [6, 6.07) is 11.3. The summed E-state index contributed by atoms with van der Waals surface area (Å²) in [7, 11) is 0. The minimum atomic E-state index is -0.637. The van der Waals surface area contributed by atoms with Crippen LogP contribution in [0.15, 0.2) is 48.5 Å². The number of hydrogen-bond donors (Lipinski definition) is 0. The second-order valence-electron chi connectivity index (χ2n) is 8.74. The Bertz CT molecular complexity index is 908. The summed E-state index contributed by atoms with van der Waals surface area (Å²) in [6.45, 7) is 2.64. The van der Waals surface area contributed by atoms with Gasteiger partial charge in [-0.2, -0.15) is 0 Å². The fraction of sp³-hybridized carbons (Fsp3) is 0.500. The van der Waals surface area contributed by atoms with Gasteiger partial charge in [0.05, 0.1) is 22.7 Å². The van der Waals surface area contributed by atoms with Crippen LogP contribution < -0.4 is 4.74 Å². The largest absolute Gasteiger partial charge is 0.462 e. The molecule has 2 aromatic rings. The van der Waals surface area contributed by atoms with Gasteiger partial charge in [0.25, 0.3) is 5.69 Å².